The van der Waals surface area contributed by atoms with Crippen LogP contribution >= 0.6 is 0 Å². The number of hydrogen-bond donors (Lipinski definition) is 1. The number of piperazine rings is 1. The van der Waals surface area contributed by atoms with Gasteiger partial charge in [-0.25, -0.2) is 9.18 Å². The van der Waals surface area contributed by atoms with Gasteiger partial charge >= 0.3 is 17.8 Å². The molecule has 0 spiro atoms. The van der Waals surface area contributed by atoms with Gasteiger partial charge in [-0.3, -0.25) is 9.59 Å². The van der Waals surface area contributed by atoms with Crippen molar-refractivity contribution >= 4 is 17.8 Å². The highest BCUT2D eigenvalue weighted by atomic mass is 19.1. The van der Waals surface area contributed by atoms with Crippen molar-refractivity contribution in [2.45, 2.75) is 38.8 Å². The molecule has 28 heavy (non-hydrogen) atoms. The number of hydrogen-bond acceptors (Lipinski definition) is 3. The highest BCUT2D eigenvalue weighted by Gasteiger charge is 2.37. The second-order valence-electron chi connectivity index (χ2n) is 7.30. The van der Waals surface area contributed by atoms with Crippen LogP contribution in [0.3, 0.4) is 0 Å². The first-order valence-corrected chi connectivity index (χ1v) is 9.86. The van der Waals surface area contributed by atoms with Crippen LogP contribution < -0.4 is 5.32 Å². The Labute approximate surface area is 164 Å². The predicted molar refractivity (Wildman–Crippen MR) is 102 cm³/mol. The maximum Gasteiger partial charge on any atom is 0.317 e. The minimum atomic E-state index is -0.515. The lowest BCUT2D eigenvalue weighted by atomic mass is 10.0. The first kappa shape index (κ1) is 20.1. The molecule has 3 rings (SSSR count). The lowest BCUT2D eigenvalue weighted by Gasteiger charge is -2.42. The molecule has 0 bridgehead atoms. The minimum Gasteiger partial charge on any atom is -0.338 e. The summed E-state index contributed by atoms with van der Waals surface area (Å²) in [5, 5.41) is 2.87. The molecule has 0 aliphatic carbocycles. The molecule has 1 N–H and O–H groups in total. The van der Waals surface area contributed by atoms with Crippen molar-refractivity contribution in [2.24, 2.45) is 0 Å². The van der Waals surface area contributed by atoms with Gasteiger partial charge in [0.05, 0.1) is 0 Å². The van der Waals surface area contributed by atoms with Gasteiger partial charge in [-0.1, -0.05) is 19.1 Å². The monoisotopic (exact) mass is 390 g/mol. The fourth-order valence-corrected chi connectivity index (χ4v) is 3.72. The summed E-state index contributed by atoms with van der Waals surface area (Å²) in [7, 11) is 0. The fraction of sp³-hybridized carbons (Fsp3) is 0.550. The molecule has 152 valence electrons. The molecule has 2 fully saturated rings. The van der Waals surface area contributed by atoms with Gasteiger partial charge in [0.2, 0.25) is 0 Å². The summed E-state index contributed by atoms with van der Waals surface area (Å²) < 4.78 is 13.0. The predicted octanol–water partition coefficient (Wildman–Crippen LogP) is 1.58. The van der Waals surface area contributed by atoms with Gasteiger partial charge in [-0.05, 0) is 37.0 Å². The van der Waals surface area contributed by atoms with E-state index in [-0.39, 0.29) is 17.9 Å². The Morgan fingerprint density at radius 3 is 2.39 bits per heavy atom. The molecule has 8 heteroatoms. The topological polar surface area (TPSA) is 73.0 Å². The van der Waals surface area contributed by atoms with Gasteiger partial charge in [-0.2, -0.15) is 0 Å². The summed E-state index contributed by atoms with van der Waals surface area (Å²) >= 11 is 0. The quantitative estimate of drug-likeness (QED) is 0.776. The molecule has 1 aromatic carbocycles. The summed E-state index contributed by atoms with van der Waals surface area (Å²) in [5.41, 5.74) is 0.794. The van der Waals surface area contributed by atoms with Gasteiger partial charge in [0.1, 0.15) is 5.82 Å². The van der Waals surface area contributed by atoms with Gasteiger partial charge in [0.25, 0.3) is 0 Å². The molecule has 2 aliphatic heterocycles. The molecular weight excluding hydrogens is 363 g/mol. The SMILES string of the molecule is CCCNC(=O)N1CCC(N2CCN(Cc3ccc(F)cc3)C(=O)C2=O)CC1. The van der Waals surface area contributed by atoms with Gasteiger partial charge < -0.3 is 20.0 Å². The number of urea groups is 1. The number of nitrogens with zero attached hydrogens (tertiary/aromatic N) is 3. The van der Waals surface area contributed by atoms with E-state index >= 15 is 0 Å². The Balaban J connectivity index is 1.52. The first-order valence-electron chi connectivity index (χ1n) is 9.86. The van der Waals surface area contributed by atoms with Gasteiger partial charge in [-0.15, -0.1) is 0 Å². The molecule has 7 nitrogen and oxygen atoms in total. The van der Waals surface area contributed by atoms with Crippen LogP contribution in [0.5, 0.6) is 0 Å². The van der Waals surface area contributed by atoms with Crippen molar-refractivity contribution in [1.82, 2.24) is 20.0 Å². The molecule has 0 aromatic heterocycles. The zero-order valence-electron chi connectivity index (χ0n) is 16.2. The maximum atomic E-state index is 13.0. The van der Waals surface area contributed by atoms with Gasteiger partial charge in [0, 0.05) is 45.3 Å². The van der Waals surface area contributed by atoms with E-state index in [1.807, 2.05) is 6.92 Å². The van der Waals surface area contributed by atoms with Crippen molar-refractivity contribution in [3.8, 4) is 0 Å². The molecule has 0 saturated carbocycles. The summed E-state index contributed by atoms with van der Waals surface area (Å²) in [4.78, 5) is 42.1. The number of piperidine rings is 1. The maximum absolute atomic E-state index is 13.0. The lowest BCUT2D eigenvalue weighted by molar-refractivity contribution is -0.158. The third-order valence-electron chi connectivity index (χ3n) is 5.35. The number of likely N-dealkylation sites (tertiary alicyclic amines) is 1. The van der Waals surface area contributed by atoms with Crippen molar-refractivity contribution in [2.75, 3.05) is 32.7 Å². The zero-order chi connectivity index (χ0) is 20.1. The van der Waals surface area contributed by atoms with Crippen LogP contribution in [-0.4, -0.2) is 71.3 Å². The Morgan fingerprint density at radius 1 is 1.07 bits per heavy atom. The van der Waals surface area contributed by atoms with E-state index in [0.717, 1.165) is 12.0 Å². The number of halogens is 1. The van der Waals surface area contributed by atoms with Crippen LogP contribution in [0.4, 0.5) is 9.18 Å². The first-order chi connectivity index (χ1) is 13.5. The van der Waals surface area contributed by atoms with Crippen molar-refractivity contribution in [3.63, 3.8) is 0 Å². The highest BCUT2D eigenvalue weighted by Crippen LogP contribution is 2.20. The number of benzene rings is 1. The van der Waals surface area contributed by atoms with Crippen molar-refractivity contribution in [3.05, 3.63) is 35.6 Å². The molecule has 0 radical (unpaired) electrons. The largest absolute Gasteiger partial charge is 0.338 e. The molecule has 0 atom stereocenters. The lowest BCUT2D eigenvalue weighted by Crippen LogP contribution is -2.59. The third kappa shape index (κ3) is 4.61. The average Bonchev–Trinajstić information content (AvgIpc) is 2.71. The smallest absolute Gasteiger partial charge is 0.317 e. The number of carbonyl (C=O) groups is 3. The summed E-state index contributed by atoms with van der Waals surface area (Å²) in [6.07, 6.45) is 2.24. The standard InChI is InChI=1S/C20H27FN4O3/c1-2-9-22-20(28)23-10-7-17(8-11-23)25-13-12-24(18(26)19(25)27)14-15-3-5-16(21)6-4-15/h3-6,17H,2,7-14H2,1H3,(H,22,28). The van der Waals surface area contributed by atoms with Crippen molar-refractivity contribution in [1.29, 1.82) is 0 Å². The third-order valence-corrected chi connectivity index (χ3v) is 5.35. The summed E-state index contributed by atoms with van der Waals surface area (Å²) in [5.74, 6) is -1.33. The van der Waals surface area contributed by atoms with Crippen LogP contribution in [0.25, 0.3) is 0 Å². The molecule has 0 unspecified atom stereocenters. The Bertz CT molecular complexity index is 717. The van der Waals surface area contributed by atoms with Crippen LogP contribution in [0.1, 0.15) is 31.7 Å². The number of carbonyl (C=O) groups excluding carboxylic acids is 3. The van der Waals surface area contributed by atoms with E-state index in [2.05, 4.69) is 5.32 Å². The molecular formula is C20H27FN4O3. The van der Waals surface area contributed by atoms with Crippen LogP contribution in [0.15, 0.2) is 24.3 Å². The number of nitrogens with one attached hydrogen (secondary N) is 1. The van der Waals surface area contributed by atoms with Gasteiger partial charge in [0.15, 0.2) is 0 Å². The normalized spacial score (nSPS) is 18.6. The average molecular weight is 390 g/mol. The highest BCUT2D eigenvalue weighted by molar-refractivity contribution is 6.35. The van der Waals surface area contributed by atoms with Crippen LogP contribution in [0.2, 0.25) is 0 Å². The minimum absolute atomic E-state index is 0.0142. The summed E-state index contributed by atoms with van der Waals surface area (Å²) in [6, 6.07) is 5.87. The zero-order valence-corrected chi connectivity index (χ0v) is 16.2. The van der Waals surface area contributed by atoms with Crippen LogP contribution in [0, 0.1) is 5.82 Å². The van der Waals surface area contributed by atoms with E-state index in [0.29, 0.717) is 52.1 Å². The summed E-state index contributed by atoms with van der Waals surface area (Å²) in [6.45, 7) is 5.06. The molecule has 2 heterocycles. The fourth-order valence-electron chi connectivity index (χ4n) is 3.72. The molecule has 2 aliphatic rings. The molecule has 4 amide bonds. The van der Waals surface area contributed by atoms with E-state index in [1.165, 1.54) is 17.0 Å². The van der Waals surface area contributed by atoms with E-state index < -0.39 is 11.8 Å². The van der Waals surface area contributed by atoms with E-state index in [9.17, 15) is 18.8 Å². The Hall–Kier alpha value is -2.64. The Kier molecular flexibility index (Phi) is 6.49. The van der Waals surface area contributed by atoms with Crippen LogP contribution in [-0.2, 0) is 16.1 Å². The second kappa shape index (κ2) is 9.03. The van der Waals surface area contributed by atoms with E-state index in [4.69, 9.17) is 0 Å². The number of amides is 4. The van der Waals surface area contributed by atoms with E-state index in [1.54, 1.807) is 21.9 Å². The molecule has 1 aromatic rings. The second-order valence-corrected chi connectivity index (χ2v) is 7.30. The number of rotatable bonds is 5. The van der Waals surface area contributed by atoms with Crippen molar-refractivity contribution < 1.29 is 18.8 Å². The molecule has 2 saturated heterocycles. The Morgan fingerprint density at radius 2 is 1.75 bits per heavy atom.